The minimum Gasteiger partial charge on any atom is -0.507 e. The van der Waals surface area contributed by atoms with Crippen LogP contribution in [0.15, 0.2) is 18.2 Å². The lowest BCUT2D eigenvalue weighted by Crippen LogP contribution is -2.58. The molecule has 2 aromatic rings. The molecule has 0 bridgehead atoms. The average Bonchev–Trinajstić information content (AvgIpc) is 3.03. The number of halogens is 2. The Bertz CT molecular complexity index is 1310. The Kier molecular flexibility index (Phi) is 7.47. The molecule has 1 aromatic heterocycles. The number of hydrogen-bond donors (Lipinski definition) is 2. The summed E-state index contributed by atoms with van der Waals surface area (Å²) in [6.07, 6.45) is -0.456. The van der Waals surface area contributed by atoms with E-state index in [1.54, 1.807) is 30.6 Å². The van der Waals surface area contributed by atoms with Crippen molar-refractivity contribution in [1.29, 1.82) is 0 Å². The number of piperazine rings is 2. The first-order valence-electron chi connectivity index (χ1n) is 13.5. The van der Waals surface area contributed by atoms with Crippen LogP contribution in [0.5, 0.6) is 11.5 Å². The van der Waals surface area contributed by atoms with E-state index in [-0.39, 0.29) is 71.0 Å². The Labute approximate surface area is 238 Å². The summed E-state index contributed by atoms with van der Waals surface area (Å²) < 4.78 is 26.8. The van der Waals surface area contributed by atoms with Crippen molar-refractivity contribution in [3.63, 3.8) is 0 Å². The molecule has 5 rings (SSSR count). The summed E-state index contributed by atoms with van der Waals surface area (Å²) in [5, 5.41) is 13.9. The number of nitrogens with zero attached hydrogens (tertiary/aromatic N) is 4. The number of phenols is 1. The predicted octanol–water partition coefficient (Wildman–Crippen LogP) is 3.89. The van der Waals surface area contributed by atoms with Crippen LogP contribution in [0.1, 0.15) is 45.0 Å². The summed E-state index contributed by atoms with van der Waals surface area (Å²) in [4.78, 5) is 37.0. The van der Waals surface area contributed by atoms with Crippen molar-refractivity contribution >= 4 is 29.4 Å². The van der Waals surface area contributed by atoms with Crippen LogP contribution < -0.4 is 15.0 Å². The number of pyridine rings is 1. The number of anilines is 1. The summed E-state index contributed by atoms with van der Waals surface area (Å²) in [5.74, 6) is -0.947. The van der Waals surface area contributed by atoms with E-state index in [4.69, 9.17) is 26.1 Å². The van der Waals surface area contributed by atoms with Crippen molar-refractivity contribution in [2.75, 3.05) is 44.2 Å². The molecule has 40 heavy (non-hydrogen) atoms. The third-order valence-electron chi connectivity index (χ3n) is 7.64. The summed E-state index contributed by atoms with van der Waals surface area (Å²) >= 11 is 6.82. The van der Waals surface area contributed by atoms with Gasteiger partial charge in [-0.3, -0.25) is 4.79 Å². The zero-order chi connectivity index (χ0) is 28.9. The summed E-state index contributed by atoms with van der Waals surface area (Å²) in [6, 6.07) is 3.51. The molecule has 0 spiro atoms. The van der Waals surface area contributed by atoms with Crippen LogP contribution in [-0.4, -0.2) is 94.9 Å². The number of aromatic hydroxyl groups is 1. The third-order valence-corrected chi connectivity index (χ3v) is 7.99. The number of hydrogen-bond acceptors (Lipinski definition) is 8. The standard InChI is InChI=1S/C28H35ClFN5O5/c1-15-16(2)34(10-9-31-15)25-21-24(22(29)23(32-25)20-18(30)7-6-8-19(20)36)39-14-17-13-33(11-12-35(17)26(21)37)27(38)40-28(3,4)5/h6-8,15-17,31,36H,9-14H2,1-5H3/t15-,16?,17?/m1/s1. The number of carbonyl (C=O) groups excluding carboxylic acids is 2. The molecule has 1 aromatic carbocycles. The van der Waals surface area contributed by atoms with Crippen LogP contribution in [0.3, 0.4) is 0 Å². The zero-order valence-electron chi connectivity index (χ0n) is 23.3. The van der Waals surface area contributed by atoms with E-state index in [9.17, 15) is 14.7 Å². The number of rotatable bonds is 2. The second-order valence-electron chi connectivity index (χ2n) is 11.5. The SMILES string of the molecule is CC1[C@@H](C)NCCN1c1nc(-c2c(O)cccc2F)c(Cl)c2c1C(=O)N1CCN(C(=O)OC(C)(C)C)CC1CO2. The van der Waals surface area contributed by atoms with Crippen LogP contribution in [0.4, 0.5) is 15.0 Å². The first-order chi connectivity index (χ1) is 18.9. The van der Waals surface area contributed by atoms with E-state index in [1.807, 2.05) is 18.7 Å². The molecule has 0 radical (unpaired) electrons. The van der Waals surface area contributed by atoms with Gasteiger partial charge in [0.1, 0.15) is 45.9 Å². The minimum atomic E-state index is -0.701. The molecular formula is C28H35ClFN5O5. The van der Waals surface area contributed by atoms with Gasteiger partial charge in [-0.25, -0.2) is 14.2 Å². The highest BCUT2D eigenvalue weighted by Gasteiger charge is 2.42. The van der Waals surface area contributed by atoms with Crippen molar-refractivity contribution in [2.45, 2.75) is 58.3 Å². The van der Waals surface area contributed by atoms with Gasteiger partial charge in [-0.2, -0.15) is 0 Å². The summed E-state index contributed by atoms with van der Waals surface area (Å²) in [5.41, 5.74) is -0.632. The highest BCUT2D eigenvalue weighted by atomic mass is 35.5. The molecule has 2 N–H and O–H groups in total. The second-order valence-corrected chi connectivity index (χ2v) is 11.9. The highest BCUT2D eigenvalue weighted by Crippen LogP contribution is 2.46. The molecule has 12 heteroatoms. The molecule has 0 saturated carbocycles. The molecule has 3 atom stereocenters. The molecule has 3 aliphatic heterocycles. The van der Waals surface area contributed by atoms with Gasteiger partial charge in [0.15, 0.2) is 5.75 Å². The molecule has 2 unspecified atom stereocenters. The van der Waals surface area contributed by atoms with Gasteiger partial charge in [0.05, 0.1) is 11.6 Å². The molecule has 2 amide bonds. The van der Waals surface area contributed by atoms with Crippen molar-refractivity contribution in [1.82, 2.24) is 20.1 Å². The van der Waals surface area contributed by atoms with Gasteiger partial charge in [0.25, 0.3) is 5.91 Å². The Hall–Kier alpha value is -3.31. The van der Waals surface area contributed by atoms with Gasteiger partial charge < -0.3 is 34.6 Å². The molecule has 3 aliphatic rings. The molecule has 4 heterocycles. The molecular weight excluding hydrogens is 541 g/mol. The van der Waals surface area contributed by atoms with E-state index in [0.717, 1.165) is 0 Å². The largest absolute Gasteiger partial charge is 0.507 e. The summed E-state index contributed by atoms with van der Waals surface area (Å²) in [7, 11) is 0. The van der Waals surface area contributed by atoms with Crippen molar-refractivity contribution in [3.8, 4) is 22.8 Å². The normalized spacial score (nSPS) is 23.2. The quantitative estimate of drug-likeness (QED) is 0.555. The fourth-order valence-corrected chi connectivity index (χ4v) is 5.70. The number of amides is 2. The van der Waals surface area contributed by atoms with Gasteiger partial charge >= 0.3 is 6.09 Å². The lowest BCUT2D eigenvalue weighted by Gasteiger charge is -2.41. The van der Waals surface area contributed by atoms with Crippen molar-refractivity contribution in [2.24, 2.45) is 0 Å². The number of phenolic OH excluding ortho intramolecular Hbond substituents is 1. The van der Waals surface area contributed by atoms with Gasteiger partial charge in [-0.1, -0.05) is 17.7 Å². The molecule has 0 aliphatic carbocycles. The maximum atomic E-state index is 15.0. The first-order valence-corrected chi connectivity index (χ1v) is 13.9. The monoisotopic (exact) mass is 575 g/mol. The second kappa shape index (κ2) is 10.6. The number of nitrogens with one attached hydrogen (secondary N) is 1. The number of carbonyl (C=O) groups is 2. The summed E-state index contributed by atoms with van der Waals surface area (Å²) in [6.45, 7) is 11.5. The Morgan fingerprint density at radius 2 is 1.95 bits per heavy atom. The number of aromatic nitrogens is 1. The van der Waals surface area contributed by atoms with Crippen LogP contribution in [0.2, 0.25) is 5.02 Å². The first kappa shape index (κ1) is 28.2. The van der Waals surface area contributed by atoms with Crippen LogP contribution in [0, 0.1) is 5.82 Å². The third kappa shape index (κ3) is 5.12. The van der Waals surface area contributed by atoms with E-state index in [0.29, 0.717) is 25.5 Å². The van der Waals surface area contributed by atoms with Gasteiger partial charge in [-0.15, -0.1) is 0 Å². The van der Waals surface area contributed by atoms with Crippen LogP contribution in [-0.2, 0) is 4.74 Å². The van der Waals surface area contributed by atoms with E-state index < -0.39 is 23.6 Å². The minimum absolute atomic E-state index is 0.00699. The van der Waals surface area contributed by atoms with Crippen LogP contribution in [0.25, 0.3) is 11.3 Å². The maximum absolute atomic E-state index is 15.0. The molecule has 2 fully saturated rings. The van der Waals surface area contributed by atoms with E-state index >= 15 is 4.39 Å². The van der Waals surface area contributed by atoms with E-state index in [1.165, 1.54) is 18.2 Å². The number of ether oxygens (including phenoxy) is 2. The lowest BCUT2D eigenvalue weighted by molar-refractivity contribution is 0.000953. The average molecular weight is 576 g/mol. The van der Waals surface area contributed by atoms with Gasteiger partial charge in [0, 0.05) is 44.8 Å². The zero-order valence-corrected chi connectivity index (χ0v) is 24.1. The molecule has 10 nitrogen and oxygen atoms in total. The Balaban J connectivity index is 1.60. The predicted molar refractivity (Wildman–Crippen MR) is 149 cm³/mol. The highest BCUT2D eigenvalue weighted by molar-refractivity contribution is 6.35. The topological polar surface area (TPSA) is 107 Å². The van der Waals surface area contributed by atoms with Crippen molar-refractivity contribution < 1.29 is 28.6 Å². The van der Waals surface area contributed by atoms with Crippen molar-refractivity contribution in [3.05, 3.63) is 34.6 Å². The number of benzene rings is 1. The number of fused-ring (bicyclic) bond motifs is 2. The fraction of sp³-hybridized carbons (Fsp3) is 0.536. The fourth-order valence-electron chi connectivity index (χ4n) is 5.41. The molecule has 2 saturated heterocycles. The smallest absolute Gasteiger partial charge is 0.410 e. The van der Waals surface area contributed by atoms with Gasteiger partial charge in [-0.05, 0) is 46.8 Å². The Morgan fingerprint density at radius 1 is 1.20 bits per heavy atom. The van der Waals surface area contributed by atoms with Gasteiger partial charge in [0.2, 0.25) is 0 Å². The molecule has 216 valence electrons. The maximum Gasteiger partial charge on any atom is 0.410 e. The lowest BCUT2D eigenvalue weighted by atomic mass is 10.0. The van der Waals surface area contributed by atoms with E-state index in [2.05, 4.69) is 5.32 Å². The van der Waals surface area contributed by atoms with Crippen LogP contribution >= 0.6 is 11.6 Å². The Morgan fingerprint density at radius 3 is 2.65 bits per heavy atom.